The van der Waals surface area contributed by atoms with Gasteiger partial charge in [-0.3, -0.25) is 4.79 Å². The summed E-state index contributed by atoms with van der Waals surface area (Å²) >= 11 is 12.2. The average Bonchev–Trinajstić information content (AvgIpc) is 2.54. The first-order valence-electron chi connectivity index (χ1n) is 5.77. The minimum atomic E-state index is 0.126. The molecule has 2 rings (SSSR count). The molecule has 0 saturated carbocycles. The van der Waals surface area contributed by atoms with Crippen LogP contribution in [-0.2, 0) is 4.79 Å². The van der Waals surface area contributed by atoms with Gasteiger partial charge >= 0.3 is 0 Å². The van der Waals surface area contributed by atoms with Crippen LogP contribution in [-0.4, -0.2) is 23.9 Å². The van der Waals surface area contributed by atoms with E-state index in [0.717, 1.165) is 19.4 Å². The second-order valence-corrected chi connectivity index (χ2v) is 5.26. The van der Waals surface area contributed by atoms with Gasteiger partial charge in [-0.1, -0.05) is 29.3 Å². The van der Waals surface area contributed by atoms with Crippen molar-refractivity contribution in [3.63, 3.8) is 0 Å². The molecule has 17 heavy (non-hydrogen) atoms. The maximum absolute atomic E-state index is 11.5. The van der Waals surface area contributed by atoms with Gasteiger partial charge in [-0.25, -0.2) is 0 Å². The number of rotatable bonds is 0. The molecule has 0 aromatic rings. The van der Waals surface area contributed by atoms with Crippen LogP contribution in [0.15, 0.2) is 33.4 Å². The summed E-state index contributed by atoms with van der Waals surface area (Å²) in [6.07, 6.45) is 6.62. The molecule has 0 atom stereocenters. The molecule has 0 bridgehead atoms. The third-order valence-electron chi connectivity index (χ3n) is 3.18. The number of allylic oxidation sites excluding steroid dienone is 4. The number of hydrogen-bond acceptors (Lipinski definition) is 1. The molecule has 1 fully saturated rings. The molecule has 1 heterocycles. The second-order valence-electron chi connectivity index (χ2n) is 4.40. The van der Waals surface area contributed by atoms with Crippen molar-refractivity contribution in [3.05, 3.63) is 33.4 Å². The van der Waals surface area contributed by atoms with E-state index in [-0.39, 0.29) is 5.91 Å². The zero-order chi connectivity index (χ0) is 12.4. The van der Waals surface area contributed by atoms with Crippen LogP contribution in [0.2, 0.25) is 0 Å². The van der Waals surface area contributed by atoms with Crippen molar-refractivity contribution in [3.8, 4) is 0 Å². The lowest BCUT2D eigenvalue weighted by Crippen LogP contribution is -2.30. The Bertz CT molecular complexity index is 435. The molecule has 0 aromatic heterocycles. The van der Waals surface area contributed by atoms with Gasteiger partial charge in [0.05, 0.1) is 5.03 Å². The van der Waals surface area contributed by atoms with Gasteiger partial charge in [-0.15, -0.1) is 0 Å². The summed E-state index contributed by atoms with van der Waals surface area (Å²) in [7, 11) is 0. The first-order chi connectivity index (χ1) is 8.08. The molecule has 1 aliphatic heterocycles. The third-order valence-corrected chi connectivity index (χ3v) is 3.97. The molecule has 0 N–H and O–H groups in total. The smallest absolute Gasteiger partial charge is 0.219 e. The molecule has 2 aliphatic rings. The normalized spacial score (nSPS) is 21.2. The minimum Gasteiger partial charge on any atom is -0.339 e. The average molecular weight is 272 g/mol. The lowest BCUT2D eigenvalue weighted by molar-refractivity contribution is -0.128. The Kier molecular flexibility index (Phi) is 3.95. The number of likely N-dealkylation sites (tertiary alicyclic amines) is 1. The lowest BCUT2D eigenvalue weighted by atomic mass is 10.0. The summed E-state index contributed by atoms with van der Waals surface area (Å²) in [4.78, 5) is 13.3. The molecule has 2 nitrogen and oxygen atoms in total. The molecular formula is C13H15Cl2NO. The van der Waals surface area contributed by atoms with Crippen molar-refractivity contribution in [2.45, 2.75) is 26.2 Å². The summed E-state index contributed by atoms with van der Waals surface area (Å²) in [5.41, 5.74) is 2.40. The van der Waals surface area contributed by atoms with E-state index in [1.54, 1.807) is 6.92 Å². The predicted octanol–water partition coefficient (Wildman–Crippen LogP) is 3.57. The molecule has 1 amide bonds. The highest BCUT2D eigenvalue weighted by Crippen LogP contribution is 2.31. The fourth-order valence-corrected chi connectivity index (χ4v) is 2.52. The highest BCUT2D eigenvalue weighted by molar-refractivity contribution is 6.40. The van der Waals surface area contributed by atoms with Crippen LogP contribution in [0.3, 0.4) is 0 Å². The van der Waals surface area contributed by atoms with E-state index in [1.807, 2.05) is 11.0 Å². The number of hydrogen-bond donors (Lipinski definition) is 0. The maximum atomic E-state index is 11.5. The number of nitrogens with zero attached hydrogens (tertiary/aromatic N) is 1. The lowest BCUT2D eigenvalue weighted by Gasteiger charge is -2.19. The zero-order valence-corrected chi connectivity index (χ0v) is 11.3. The molecule has 0 unspecified atom stereocenters. The second kappa shape index (κ2) is 5.28. The molecule has 0 radical (unpaired) electrons. The minimum absolute atomic E-state index is 0.126. The third kappa shape index (κ3) is 2.93. The predicted molar refractivity (Wildman–Crippen MR) is 71.0 cm³/mol. The SMILES string of the molecule is CC(=O)N1CCCC2=CC(Cl)=C(Cl)CC=C2C1. The molecule has 1 saturated heterocycles. The van der Waals surface area contributed by atoms with Gasteiger partial charge in [0.1, 0.15) is 0 Å². The number of carbonyl (C=O) groups excluding carboxylic acids is 1. The van der Waals surface area contributed by atoms with Gasteiger partial charge in [0, 0.05) is 31.5 Å². The fourth-order valence-electron chi connectivity index (χ4n) is 2.18. The van der Waals surface area contributed by atoms with Crippen LogP contribution < -0.4 is 0 Å². The van der Waals surface area contributed by atoms with Crippen molar-refractivity contribution >= 4 is 29.1 Å². The Labute approximate surface area is 112 Å². The Hall–Kier alpha value is -0.730. The Balaban J connectivity index is 2.28. The van der Waals surface area contributed by atoms with E-state index in [1.165, 1.54) is 11.1 Å². The summed E-state index contributed by atoms with van der Waals surface area (Å²) < 4.78 is 0. The van der Waals surface area contributed by atoms with E-state index in [0.29, 0.717) is 23.0 Å². The van der Waals surface area contributed by atoms with Crippen molar-refractivity contribution < 1.29 is 4.79 Å². The number of amides is 1. The molecule has 4 heteroatoms. The summed E-state index contributed by atoms with van der Waals surface area (Å²) in [6.45, 7) is 3.11. The van der Waals surface area contributed by atoms with Crippen LogP contribution in [0.1, 0.15) is 26.2 Å². The van der Waals surface area contributed by atoms with E-state index >= 15 is 0 Å². The molecular weight excluding hydrogens is 257 g/mol. The molecule has 92 valence electrons. The van der Waals surface area contributed by atoms with Crippen molar-refractivity contribution in [2.75, 3.05) is 13.1 Å². The first kappa shape index (κ1) is 12.7. The van der Waals surface area contributed by atoms with Gasteiger partial charge in [0.25, 0.3) is 0 Å². The summed E-state index contributed by atoms with van der Waals surface area (Å²) in [5.74, 6) is 0.126. The highest BCUT2D eigenvalue weighted by Gasteiger charge is 2.20. The van der Waals surface area contributed by atoms with Crippen LogP contribution in [0.5, 0.6) is 0 Å². The van der Waals surface area contributed by atoms with E-state index < -0.39 is 0 Å². The zero-order valence-electron chi connectivity index (χ0n) is 9.80. The van der Waals surface area contributed by atoms with Gasteiger partial charge in [0.2, 0.25) is 5.91 Å². The molecule has 1 aliphatic carbocycles. The topological polar surface area (TPSA) is 20.3 Å². The van der Waals surface area contributed by atoms with Gasteiger partial charge in [-0.05, 0) is 30.1 Å². The van der Waals surface area contributed by atoms with E-state index in [4.69, 9.17) is 23.2 Å². The highest BCUT2D eigenvalue weighted by atomic mass is 35.5. The molecule has 0 spiro atoms. The summed E-state index contributed by atoms with van der Waals surface area (Å²) in [5, 5.41) is 1.30. The van der Waals surface area contributed by atoms with E-state index in [2.05, 4.69) is 6.08 Å². The monoisotopic (exact) mass is 271 g/mol. The van der Waals surface area contributed by atoms with Gasteiger partial charge < -0.3 is 4.90 Å². The Morgan fingerprint density at radius 1 is 1.35 bits per heavy atom. The molecule has 0 aromatic carbocycles. The Morgan fingerprint density at radius 3 is 2.82 bits per heavy atom. The van der Waals surface area contributed by atoms with Crippen molar-refractivity contribution in [2.24, 2.45) is 0 Å². The summed E-state index contributed by atoms with van der Waals surface area (Å²) in [6, 6.07) is 0. The maximum Gasteiger partial charge on any atom is 0.219 e. The number of carbonyl (C=O) groups is 1. The van der Waals surface area contributed by atoms with Gasteiger partial charge in [0.15, 0.2) is 0 Å². The first-order valence-corrected chi connectivity index (χ1v) is 6.53. The van der Waals surface area contributed by atoms with Crippen LogP contribution >= 0.6 is 23.2 Å². The Morgan fingerprint density at radius 2 is 2.12 bits per heavy atom. The van der Waals surface area contributed by atoms with Crippen LogP contribution in [0, 0.1) is 0 Å². The van der Waals surface area contributed by atoms with E-state index in [9.17, 15) is 4.79 Å². The fraction of sp³-hybridized carbons (Fsp3) is 0.462. The quantitative estimate of drug-likeness (QED) is 0.660. The standard InChI is InChI=1S/C13H15Cl2NO/c1-9(17)16-6-2-3-10-7-13(15)12(14)5-4-11(10)8-16/h4,7H,2-3,5-6,8H2,1H3. The van der Waals surface area contributed by atoms with Crippen molar-refractivity contribution in [1.29, 1.82) is 0 Å². The number of halogens is 2. The largest absolute Gasteiger partial charge is 0.339 e. The van der Waals surface area contributed by atoms with Crippen LogP contribution in [0.4, 0.5) is 0 Å². The van der Waals surface area contributed by atoms with Gasteiger partial charge in [-0.2, -0.15) is 0 Å². The number of fused-ring (bicyclic) bond motifs is 1. The van der Waals surface area contributed by atoms with Crippen LogP contribution in [0.25, 0.3) is 0 Å². The van der Waals surface area contributed by atoms with Crippen molar-refractivity contribution in [1.82, 2.24) is 4.90 Å².